The Bertz CT molecular complexity index is 1150. The highest BCUT2D eigenvalue weighted by molar-refractivity contribution is 5.83. The normalized spacial score (nSPS) is 19.2. The van der Waals surface area contributed by atoms with Crippen LogP contribution in [0, 0.1) is 13.8 Å². The van der Waals surface area contributed by atoms with Crippen molar-refractivity contribution < 1.29 is 0 Å². The number of hydrogen-bond acceptors (Lipinski definition) is 5. The van der Waals surface area contributed by atoms with Crippen molar-refractivity contribution in [3.8, 4) is 0 Å². The summed E-state index contributed by atoms with van der Waals surface area (Å²) >= 11 is 0. The molecule has 2 aliphatic carbocycles. The van der Waals surface area contributed by atoms with Crippen molar-refractivity contribution >= 4 is 10.9 Å². The molecule has 1 N–H and O–H groups in total. The second-order valence-corrected chi connectivity index (χ2v) is 9.88. The van der Waals surface area contributed by atoms with E-state index in [1.165, 1.54) is 37.7 Å². The molecule has 2 aromatic heterocycles. The molecule has 7 heteroatoms. The summed E-state index contributed by atoms with van der Waals surface area (Å²) in [4.78, 5) is 19.0. The zero-order chi connectivity index (χ0) is 22.2. The third-order valence-electron chi connectivity index (χ3n) is 7.61. The Morgan fingerprint density at radius 3 is 2.50 bits per heavy atom. The van der Waals surface area contributed by atoms with Gasteiger partial charge in [0.15, 0.2) is 5.82 Å². The topological polar surface area (TPSA) is 79.7 Å². The number of nitrogens with zero attached hydrogens (tertiary/aromatic N) is 5. The molecule has 0 saturated heterocycles. The molecule has 0 amide bonds. The maximum atomic E-state index is 13.5. The minimum atomic E-state index is -0.261. The van der Waals surface area contributed by atoms with Gasteiger partial charge in [0.2, 0.25) is 0 Å². The van der Waals surface area contributed by atoms with Gasteiger partial charge in [0.1, 0.15) is 6.04 Å². The molecule has 1 aromatic carbocycles. The van der Waals surface area contributed by atoms with Gasteiger partial charge in [-0.15, -0.1) is 5.10 Å². The third kappa shape index (κ3) is 3.87. The number of hydrogen-bond donors (Lipinski definition) is 1. The molecule has 3 aromatic rings. The first-order chi connectivity index (χ1) is 15.5. The molecule has 0 aliphatic heterocycles. The average molecular weight is 435 g/mol. The fourth-order valence-electron chi connectivity index (χ4n) is 5.94. The number of rotatable bonds is 5. The van der Waals surface area contributed by atoms with Gasteiger partial charge in [-0.2, -0.15) is 0 Å². The van der Waals surface area contributed by atoms with E-state index in [4.69, 9.17) is 0 Å². The lowest BCUT2D eigenvalue weighted by Gasteiger charge is -2.36. The second-order valence-electron chi connectivity index (χ2n) is 9.88. The van der Waals surface area contributed by atoms with Crippen LogP contribution in [-0.4, -0.2) is 43.2 Å². The molecule has 0 unspecified atom stereocenters. The predicted octanol–water partition coefficient (Wildman–Crippen LogP) is 4.60. The van der Waals surface area contributed by atoms with Crippen molar-refractivity contribution in [1.82, 2.24) is 30.1 Å². The Morgan fingerprint density at radius 1 is 1.03 bits per heavy atom. The first-order valence-corrected chi connectivity index (χ1v) is 12.2. The minimum absolute atomic E-state index is 0.0434. The van der Waals surface area contributed by atoms with Crippen LogP contribution in [0.4, 0.5) is 0 Å². The lowest BCUT2D eigenvalue weighted by atomic mass is 9.92. The number of aromatic nitrogens is 5. The Hall–Kier alpha value is -2.54. The summed E-state index contributed by atoms with van der Waals surface area (Å²) in [5.41, 5.74) is 3.90. The monoisotopic (exact) mass is 434 g/mol. The quantitative estimate of drug-likeness (QED) is 0.635. The van der Waals surface area contributed by atoms with Crippen molar-refractivity contribution in [2.45, 2.75) is 89.8 Å². The number of benzene rings is 1. The molecule has 2 aliphatic rings. The van der Waals surface area contributed by atoms with Gasteiger partial charge < -0.3 is 4.98 Å². The van der Waals surface area contributed by atoms with Gasteiger partial charge in [0, 0.05) is 11.6 Å². The van der Waals surface area contributed by atoms with Crippen LogP contribution in [0.2, 0.25) is 0 Å². The van der Waals surface area contributed by atoms with Gasteiger partial charge >= 0.3 is 0 Å². The molecule has 32 heavy (non-hydrogen) atoms. The van der Waals surface area contributed by atoms with E-state index in [9.17, 15) is 4.79 Å². The van der Waals surface area contributed by atoms with E-state index in [0.717, 1.165) is 53.5 Å². The highest BCUT2D eigenvalue weighted by Gasteiger charge is 2.34. The summed E-state index contributed by atoms with van der Waals surface area (Å²) in [6, 6.07) is 6.83. The number of aromatic amines is 1. The number of H-pyrrole nitrogens is 1. The summed E-state index contributed by atoms with van der Waals surface area (Å²) in [6.07, 6.45) is 10.7. The molecule has 2 heterocycles. The van der Waals surface area contributed by atoms with Gasteiger partial charge in [-0.3, -0.25) is 9.69 Å². The molecule has 5 rings (SSSR count). The van der Waals surface area contributed by atoms with Crippen LogP contribution < -0.4 is 5.56 Å². The summed E-state index contributed by atoms with van der Waals surface area (Å²) in [5.74, 6) is 0.805. The van der Waals surface area contributed by atoms with E-state index in [1.807, 2.05) is 4.68 Å². The molecular formula is C25H34N6O. The van der Waals surface area contributed by atoms with Crippen molar-refractivity contribution in [2.75, 3.05) is 7.05 Å². The van der Waals surface area contributed by atoms with E-state index in [1.54, 1.807) is 0 Å². The van der Waals surface area contributed by atoms with Crippen LogP contribution in [0.1, 0.15) is 92.4 Å². The molecule has 1 atom stereocenters. The van der Waals surface area contributed by atoms with Gasteiger partial charge in [-0.1, -0.05) is 43.7 Å². The zero-order valence-corrected chi connectivity index (χ0v) is 19.5. The number of aryl methyl sites for hydroxylation is 2. The fraction of sp³-hybridized carbons (Fsp3) is 0.600. The molecule has 2 saturated carbocycles. The molecule has 0 bridgehead atoms. The molecular weight excluding hydrogens is 400 g/mol. The molecule has 7 nitrogen and oxygen atoms in total. The Labute approximate surface area is 189 Å². The predicted molar refractivity (Wildman–Crippen MR) is 126 cm³/mol. The molecule has 0 radical (unpaired) electrons. The third-order valence-corrected chi connectivity index (χ3v) is 7.61. The highest BCUT2D eigenvalue weighted by Crippen LogP contribution is 2.36. The van der Waals surface area contributed by atoms with Crippen molar-refractivity contribution in [2.24, 2.45) is 0 Å². The smallest absolute Gasteiger partial charge is 0.253 e. The summed E-state index contributed by atoms with van der Waals surface area (Å²) in [7, 11) is 2.15. The SMILES string of the molecule is Cc1cc(C)c2[nH]c(=O)c([C@H](c3nnnn3C3CCCC3)N(C)C3CCCCC3)cc2c1. The fourth-order valence-corrected chi connectivity index (χ4v) is 5.94. The van der Waals surface area contributed by atoms with Crippen LogP contribution in [-0.2, 0) is 0 Å². The van der Waals surface area contributed by atoms with Crippen LogP contribution >= 0.6 is 0 Å². The van der Waals surface area contributed by atoms with Crippen molar-refractivity contribution in [3.05, 3.63) is 51.1 Å². The number of nitrogens with one attached hydrogen (secondary N) is 1. The van der Waals surface area contributed by atoms with E-state index in [0.29, 0.717) is 12.1 Å². The summed E-state index contributed by atoms with van der Waals surface area (Å²) in [6.45, 7) is 4.15. The van der Waals surface area contributed by atoms with Crippen molar-refractivity contribution in [1.29, 1.82) is 0 Å². The number of tetrazole rings is 1. The molecule has 0 spiro atoms. The lowest BCUT2D eigenvalue weighted by Crippen LogP contribution is -2.40. The van der Waals surface area contributed by atoms with E-state index in [2.05, 4.69) is 64.5 Å². The highest BCUT2D eigenvalue weighted by atomic mass is 16.1. The van der Waals surface area contributed by atoms with Crippen molar-refractivity contribution in [3.63, 3.8) is 0 Å². The first-order valence-electron chi connectivity index (χ1n) is 12.2. The Kier molecular flexibility index (Phi) is 5.84. The van der Waals surface area contributed by atoms with Gasteiger partial charge in [-0.25, -0.2) is 4.68 Å². The van der Waals surface area contributed by atoms with Gasteiger partial charge in [-0.05, 0) is 80.1 Å². The molecule has 2 fully saturated rings. The Balaban J connectivity index is 1.66. The largest absolute Gasteiger partial charge is 0.321 e. The number of pyridine rings is 1. The van der Waals surface area contributed by atoms with E-state index >= 15 is 0 Å². The summed E-state index contributed by atoms with van der Waals surface area (Å²) in [5, 5.41) is 14.1. The first kappa shape index (κ1) is 21.3. The maximum absolute atomic E-state index is 13.5. The van der Waals surface area contributed by atoms with E-state index in [-0.39, 0.29) is 11.6 Å². The standard InChI is InChI=1S/C25H34N6O/c1-16-13-17(2)22-18(14-16)15-21(25(32)26-22)23(30(3)19-9-5-4-6-10-19)24-27-28-29-31(24)20-11-7-8-12-20/h13-15,19-20,23H,4-12H2,1-3H3,(H,26,32)/t23-/m1/s1. The van der Waals surface area contributed by atoms with Gasteiger partial charge in [0.25, 0.3) is 5.56 Å². The lowest BCUT2D eigenvalue weighted by molar-refractivity contribution is 0.147. The van der Waals surface area contributed by atoms with Gasteiger partial charge in [0.05, 0.1) is 11.6 Å². The average Bonchev–Trinajstić information content (AvgIpc) is 3.47. The van der Waals surface area contributed by atoms with Crippen LogP contribution in [0.5, 0.6) is 0 Å². The van der Waals surface area contributed by atoms with Crippen LogP contribution in [0.25, 0.3) is 10.9 Å². The minimum Gasteiger partial charge on any atom is -0.321 e. The molecule has 170 valence electrons. The van der Waals surface area contributed by atoms with E-state index < -0.39 is 0 Å². The van der Waals surface area contributed by atoms with Crippen LogP contribution in [0.15, 0.2) is 23.0 Å². The second kappa shape index (κ2) is 8.77. The zero-order valence-electron chi connectivity index (χ0n) is 19.5. The Morgan fingerprint density at radius 2 is 1.75 bits per heavy atom. The number of fused-ring (bicyclic) bond motifs is 1. The maximum Gasteiger partial charge on any atom is 0.253 e. The van der Waals surface area contributed by atoms with Crippen LogP contribution in [0.3, 0.4) is 0 Å². The summed E-state index contributed by atoms with van der Waals surface area (Å²) < 4.78 is 2.02.